The first-order valence-corrected chi connectivity index (χ1v) is 26.1. The largest absolute Gasteiger partial charge is 0.494 e. The number of rotatable bonds is 15. The number of amides is 3. The van der Waals surface area contributed by atoms with E-state index in [0.717, 1.165) is 67.1 Å². The molecule has 0 radical (unpaired) electrons. The van der Waals surface area contributed by atoms with E-state index in [0.29, 0.717) is 24.0 Å². The molecule has 0 unspecified atom stereocenters. The fourth-order valence-electron chi connectivity index (χ4n) is 7.90. The lowest BCUT2D eigenvalue weighted by Gasteiger charge is -2.16. The molecule has 3 amide bonds. The van der Waals surface area contributed by atoms with Crippen LogP contribution in [0.15, 0.2) is 199 Å². The van der Waals surface area contributed by atoms with E-state index in [1.54, 1.807) is 72.8 Å². The van der Waals surface area contributed by atoms with Gasteiger partial charge in [0.05, 0.1) is 40.0 Å². The number of ether oxygens (including phenoxy) is 4. The van der Waals surface area contributed by atoms with Gasteiger partial charge in [0.25, 0.3) is 17.7 Å². The Morgan fingerprint density at radius 3 is 1.17 bits per heavy atom. The van der Waals surface area contributed by atoms with Gasteiger partial charge in [0.2, 0.25) is 0 Å². The number of carbonyl (C=O) groups excluding carboxylic acids is 6. The number of halogens is 10. The first-order valence-electron chi connectivity index (χ1n) is 26.1. The van der Waals surface area contributed by atoms with Crippen LogP contribution >= 0.6 is 0 Å². The molecule has 13 nitrogen and oxygen atoms in total. The van der Waals surface area contributed by atoms with Gasteiger partial charge in [0.1, 0.15) is 46.1 Å². The molecule has 3 aliphatic rings. The highest BCUT2D eigenvalue weighted by Gasteiger charge is 2.35. The van der Waals surface area contributed by atoms with Gasteiger partial charge in [-0.05, 0) is 146 Å². The Hall–Kier alpha value is -10.3. The normalized spacial score (nSPS) is 13.7. The summed E-state index contributed by atoms with van der Waals surface area (Å²) in [5.41, 5.74) is -2.17. The van der Waals surface area contributed by atoms with Crippen molar-refractivity contribution in [3.8, 4) is 40.2 Å². The Bertz CT molecular complexity index is 3770. The van der Waals surface area contributed by atoms with Crippen LogP contribution < -0.4 is 34.9 Å². The van der Waals surface area contributed by atoms with E-state index < -0.39 is 58.8 Å². The van der Waals surface area contributed by atoms with Gasteiger partial charge in [0, 0.05) is 54.6 Å². The molecule has 3 N–H and O–H groups in total. The Morgan fingerprint density at radius 1 is 0.448 bits per heavy atom. The number of allylic oxidation sites excluding steroid dienone is 9. The van der Waals surface area contributed by atoms with Crippen molar-refractivity contribution in [2.24, 2.45) is 0 Å². The molecule has 450 valence electrons. The molecular formula is C64H49F10N3O10. The molecule has 3 aliphatic carbocycles. The van der Waals surface area contributed by atoms with E-state index in [9.17, 15) is 72.7 Å². The van der Waals surface area contributed by atoms with Crippen LogP contribution in [0.1, 0.15) is 85.9 Å². The highest BCUT2D eigenvalue weighted by atomic mass is 19.4. The third-order valence-electron chi connectivity index (χ3n) is 12.1. The minimum absolute atomic E-state index is 0.0841. The lowest BCUT2D eigenvalue weighted by Crippen LogP contribution is -2.24. The quantitative estimate of drug-likeness (QED) is 0.0839. The maximum atomic E-state index is 13.3. The summed E-state index contributed by atoms with van der Waals surface area (Å²) in [5.74, 6) is -2.86. The Balaban J connectivity index is 0.000000187. The summed E-state index contributed by atoms with van der Waals surface area (Å²) in [6.45, 7) is 4.02. The summed E-state index contributed by atoms with van der Waals surface area (Å²) in [6, 6.07) is 25.7. The maximum Gasteiger partial charge on any atom is 0.416 e. The molecule has 0 heterocycles. The average molecular weight is 1210 g/mol. The van der Waals surface area contributed by atoms with Gasteiger partial charge in [-0.15, -0.1) is 0 Å². The standard InChI is InChI=1S/C23H20F3NO4.C21H15F4NO3.C20H14F3NO3/c1-2-12-30-18-7-9-19(10-8-18)31-21-13-15(23(24,25)26)6-11-20(21)22(29)27-16-4-3-5-17(28)14-16;1-12-9-14(22)6-8-18(12)29-19-10-13(21(23,24)25)5-7-17(19)20(28)26-15-3-2-4-16(27)11-15;21-20(22,23)13-9-10-17(18(11-13)27-16-7-2-1-3-8-16)19(26)24-14-5-4-6-15(25)12-14/h3-4,6-11,13-14H,2,5,12H2,1H3,(H,27,29);2-3,5-11H,4H2,1H3,(H,26,28);1-5,7-12H,6H2,(H,24,26). The van der Waals surface area contributed by atoms with Crippen LogP contribution in [0, 0.1) is 12.7 Å². The van der Waals surface area contributed by atoms with Gasteiger partial charge in [-0.1, -0.05) is 43.4 Å². The molecule has 0 aromatic heterocycles. The highest BCUT2D eigenvalue weighted by molar-refractivity contribution is 6.02. The minimum Gasteiger partial charge on any atom is -0.494 e. The number of ketones is 3. The zero-order valence-corrected chi connectivity index (χ0v) is 45.7. The fraction of sp³-hybridized carbons (Fsp3) is 0.156. The van der Waals surface area contributed by atoms with Gasteiger partial charge in [-0.2, -0.15) is 39.5 Å². The Morgan fingerprint density at radius 2 is 0.816 bits per heavy atom. The van der Waals surface area contributed by atoms with E-state index >= 15 is 0 Å². The number of para-hydroxylation sites is 1. The maximum absolute atomic E-state index is 13.3. The summed E-state index contributed by atoms with van der Waals surface area (Å²) in [5, 5.41) is 7.49. The van der Waals surface area contributed by atoms with Crippen LogP contribution in [-0.4, -0.2) is 41.7 Å². The number of nitrogens with one attached hydrogen (secondary N) is 3. The third kappa shape index (κ3) is 18.8. The zero-order valence-electron chi connectivity index (χ0n) is 45.7. The van der Waals surface area contributed by atoms with Crippen LogP contribution in [0.3, 0.4) is 0 Å². The number of benzene rings is 6. The van der Waals surface area contributed by atoms with Gasteiger partial charge in [-0.25, -0.2) is 4.39 Å². The molecule has 0 aliphatic heterocycles. The second-order valence-electron chi connectivity index (χ2n) is 18.9. The first kappa shape index (κ1) is 64.2. The first-order chi connectivity index (χ1) is 41.2. The van der Waals surface area contributed by atoms with Crippen LogP contribution in [0.5, 0.6) is 40.2 Å². The number of carbonyl (C=O) groups is 6. The monoisotopic (exact) mass is 1210 g/mol. The van der Waals surface area contributed by atoms with Gasteiger partial charge >= 0.3 is 18.5 Å². The van der Waals surface area contributed by atoms with Crippen molar-refractivity contribution >= 4 is 35.1 Å². The molecule has 9 rings (SSSR count). The lowest BCUT2D eigenvalue weighted by atomic mass is 10.1. The van der Waals surface area contributed by atoms with Crippen molar-refractivity contribution in [2.45, 2.75) is 58.1 Å². The van der Waals surface area contributed by atoms with Gasteiger partial charge < -0.3 is 34.9 Å². The molecule has 0 fully saturated rings. The number of hydrogen-bond donors (Lipinski definition) is 3. The minimum atomic E-state index is -4.65. The molecule has 6 aromatic carbocycles. The molecule has 0 atom stereocenters. The third-order valence-corrected chi connectivity index (χ3v) is 12.1. The van der Waals surface area contributed by atoms with Crippen molar-refractivity contribution in [2.75, 3.05) is 6.61 Å². The number of hydrogen-bond acceptors (Lipinski definition) is 10. The van der Waals surface area contributed by atoms with Crippen LogP contribution in [-0.2, 0) is 32.9 Å². The summed E-state index contributed by atoms with van der Waals surface area (Å²) in [7, 11) is 0. The fourth-order valence-corrected chi connectivity index (χ4v) is 7.90. The van der Waals surface area contributed by atoms with E-state index in [1.165, 1.54) is 49.4 Å². The Labute approximate surface area is 490 Å². The van der Waals surface area contributed by atoms with E-state index in [4.69, 9.17) is 18.9 Å². The lowest BCUT2D eigenvalue weighted by molar-refractivity contribution is -0.138. The van der Waals surface area contributed by atoms with Gasteiger partial charge in [-0.3, -0.25) is 28.8 Å². The topological polar surface area (TPSA) is 175 Å². The van der Waals surface area contributed by atoms with E-state index in [-0.39, 0.29) is 105 Å². The molecule has 0 bridgehead atoms. The smallest absolute Gasteiger partial charge is 0.416 e. The molecule has 23 heteroatoms. The van der Waals surface area contributed by atoms with E-state index in [1.807, 2.05) is 6.92 Å². The summed E-state index contributed by atoms with van der Waals surface area (Å²) in [4.78, 5) is 72.2. The number of alkyl halides is 9. The van der Waals surface area contributed by atoms with Crippen LogP contribution in [0.2, 0.25) is 0 Å². The van der Waals surface area contributed by atoms with Crippen molar-refractivity contribution in [1.29, 1.82) is 0 Å². The Kier molecular flexibility index (Phi) is 21.1. The van der Waals surface area contributed by atoms with Gasteiger partial charge in [0.15, 0.2) is 17.3 Å². The van der Waals surface area contributed by atoms with Crippen molar-refractivity contribution in [3.63, 3.8) is 0 Å². The van der Waals surface area contributed by atoms with Crippen molar-refractivity contribution in [1.82, 2.24) is 16.0 Å². The number of aryl methyl sites for hydroxylation is 1. The second kappa shape index (κ2) is 28.5. The van der Waals surface area contributed by atoms with Crippen LogP contribution in [0.25, 0.3) is 0 Å². The summed E-state index contributed by atoms with van der Waals surface area (Å²) in [6.07, 6.45) is 0.797. The van der Waals surface area contributed by atoms with E-state index in [2.05, 4.69) is 16.0 Å². The molecule has 0 saturated heterocycles. The molecular weight excluding hydrogens is 1160 g/mol. The molecule has 87 heavy (non-hydrogen) atoms. The summed E-state index contributed by atoms with van der Waals surface area (Å²) < 4.78 is 154. The molecule has 6 aromatic rings. The molecule has 0 spiro atoms. The SMILES string of the molecule is CCCOc1ccc(Oc2cc(C(F)(F)F)ccc2C(=O)NC2=CC(=O)CC=C2)cc1.Cc1cc(F)ccc1Oc1cc(C(F)(F)F)ccc1C(=O)NC1=CC(=O)CC=C1.O=C1C=C(NC(=O)c2ccc(C(F)(F)F)cc2Oc2ccccc2)C=CC1. The summed E-state index contributed by atoms with van der Waals surface area (Å²) >= 11 is 0. The van der Waals surface area contributed by atoms with Crippen molar-refractivity contribution < 1.29 is 91.6 Å². The predicted octanol–water partition coefficient (Wildman–Crippen LogP) is 15.2. The van der Waals surface area contributed by atoms with Crippen LogP contribution in [0.4, 0.5) is 43.9 Å². The van der Waals surface area contributed by atoms with Crippen molar-refractivity contribution in [3.05, 3.63) is 244 Å². The zero-order chi connectivity index (χ0) is 63.1. The molecule has 0 saturated carbocycles. The highest BCUT2D eigenvalue weighted by Crippen LogP contribution is 2.39. The second-order valence-corrected chi connectivity index (χ2v) is 18.9. The average Bonchev–Trinajstić information content (AvgIpc) is 2.79. The predicted molar refractivity (Wildman–Crippen MR) is 297 cm³/mol.